The molecular formula is C25H25N7O2. The zero-order valence-electron chi connectivity index (χ0n) is 19.2. The number of ether oxygens (including phenoxy) is 1. The van der Waals surface area contributed by atoms with Crippen LogP contribution in [-0.2, 0) is 0 Å². The Kier molecular flexibility index (Phi) is 6.92. The fraction of sp³-hybridized carbons (Fsp3) is 0.160. The lowest BCUT2D eigenvalue weighted by Crippen LogP contribution is -2.12. The fourth-order valence-electron chi connectivity index (χ4n) is 3.17. The van der Waals surface area contributed by atoms with Crippen molar-refractivity contribution in [2.45, 2.75) is 20.8 Å². The largest absolute Gasteiger partial charge is 0.478 e. The first-order valence-electron chi connectivity index (χ1n) is 10.8. The van der Waals surface area contributed by atoms with Gasteiger partial charge in [-0.25, -0.2) is 19.9 Å². The second-order valence-electron chi connectivity index (χ2n) is 7.50. The van der Waals surface area contributed by atoms with Crippen molar-refractivity contribution < 1.29 is 9.53 Å². The minimum Gasteiger partial charge on any atom is -0.478 e. The Morgan fingerprint density at radius 1 is 0.853 bits per heavy atom. The van der Waals surface area contributed by atoms with Crippen LogP contribution >= 0.6 is 0 Å². The SMILES string of the molecule is CCOc1ccc(C(=O)Nc2ccc(Nc3cc(Nc4cc(C)ccn4)nc(C)n3)cc2)cn1. The molecule has 0 atom stereocenters. The molecule has 1 amide bonds. The van der Waals surface area contributed by atoms with Crippen LogP contribution in [0.1, 0.15) is 28.7 Å². The number of aromatic nitrogens is 4. The van der Waals surface area contributed by atoms with E-state index in [0.717, 1.165) is 11.3 Å². The summed E-state index contributed by atoms with van der Waals surface area (Å²) < 4.78 is 5.30. The monoisotopic (exact) mass is 455 g/mol. The summed E-state index contributed by atoms with van der Waals surface area (Å²) >= 11 is 0. The molecule has 0 saturated heterocycles. The van der Waals surface area contributed by atoms with Gasteiger partial charge in [-0.15, -0.1) is 0 Å². The van der Waals surface area contributed by atoms with Crippen molar-refractivity contribution in [2.24, 2.45) is 0 Å². The number of rotatable bonds is 8. The number of benzene rings is 1. The molecule has 9 nitrogen and oxygen atoms in total. The van der Waals surface area contributed by atoms with Gasteiger partial charge in [0.15, 0.2) is 0 Å². The minimum atomic E-state index is -0.247. The van der Waals surface area contributed by atoms with Gasteiger partial charge in [0.25, 0.3) is 5.91 Å². The van der Waals surface area contributed by atoms with Crippen LogP contribution in [0.3, 0.4) is 0 Å². The van der Waals surface area contributed by atoms with Crippen LogP contribution in [0.4, 0.5) is 28.8 Å². The zero-order valence-corrected chi connectivity index (χ0v) is 19.2. The molecule has 4 rings (SSSR count). The minimum absolute atomic E-state index is 0.247. The van der Waals surface area contributed by atoms with Gasteiger partial charge in [0.05, 0.1) is 12.2 Å². The van der Waals surface area contributed by atoms with E-state index in [4.69, 9.17) is 4.74 Å². The van der Waals surface area contributed by atoms with E-state index in [1.807, 2.05) is 63.2 Å². The van der Waals surface area contributed by atoms with Gasteiger partial charge in [-0.05, 0) is 68.8 Å². The molecule has 0 fully saturated rings. The number of carbonyl (C=O) groups is 1. The summed E-state index contributed by atoms with van der Waals surface area (Å²) in [5.74, 6) is 2.85. The van der Waals surface area contributed by atoms with E-state index in [1.54, 1.807) is 18.3 Å². The highest BCUT2D eigenvalue weighted by atomic mass is 16.5. The Bertz CT molecular complexity index is 1280. The number of hydrogen-bond donors (Lipinski definition) is 3. The van der Waals surface area contributed by atoms with Gasteiger partial charge in [0.1, 0.15) is 23.3 Å². The second kappa shape index (κ2) is 10.4. The zero-order chi connectivity index (χ0) is 23.9. The summed E-state index contributed by atoms with van der Waals surface area (Å²) in [6, 6.07) is 16.4. The third-order valence-corrected chi connectivity index (χ3v) is 4.72. The molecule has 3 N–H and O–H groups in total. The van der Waals surface area contributed by atoms with Gasteiger partial charge in [-0.3, -0.25) is 4.79 Å². The summed E-state index contributed by atoms with van der Waals surface area (Å²) in [6.45, 7) is 6.24. The van der Waals surface area contributed by atoms with E-state index in [-0.39, 0.29) is 5.91 Å². The first-order chi connectivity index (χ1) is 16.5. The van der Waals surface area contributed by atoms with Crippen molar-refractivity contribution in [3.8, 4) is 5.88 Å². The summed E-state index contributed by atoms with van der Waals surface area (Å²) in [6.07, 6.45) is 3.24. The number of hydrogen-bond acceptors (Lipinski definition) is 8. The van der Waals surface area contributed by atoms with Crippen molar-refractivity contribution >= 4 is 34.7 Å². The molecule has 34 heavy (non-hydrogen) atoms. The van der Waals surface area contributed by atoms with E-state index in [2.05, 4.69) is 35.9 Å². The van der Waals surface area contributed by atoms with Crippen LogP contribution in [0, 0.1) is 13.8 Å². The number of pyridine rings is 2. The highest BCUT2D eigenvalue weighted by Gasteiger charge is 2.08. The molecule has 0 aliphatic rings. The summed E-state index contributed by atoms with van der Waals surface area (Å²) in [5, 5.41) is 9.33. The Hall–Kier alpha value is -4.53. The highest BCUT2D eigenvalue weighted by molar-refractivity contribution is 6.04. The average molecular weight is 456 g/mol. The molecule has 0 aliphatic carbocycles. The highest BCUT2D eigenvalue weighted by Crippen LogP contribution is 2.22. The molecular weight excluding hydrogens is 430 g/mol. The molecule has 9 heteroatoms. The molecule has 172 valence electrons. The fourth-order valence-corrected chi connectivity index (χ4v) is 3.17. The third kappa shape index (κ3) is 6.04. The number of amides is 1. The Morgan fingerprint density at radius 3 is 2.26 bits per heavy atom. The first-order valence-corrected chi connectivity index (χ1v) is 10.8. The van der Waals surface area contributed by atoms with Crippen molar-refractivity contribution in [1.82, 2.24) is 19.9 Å². The first kappa shape index (κ1) is 22.7. The quantitative estimate of drug-likeness (QED) is 0.339. The van der Waals surface area contributed by atoms with E-state index >= 15 is 0 Å². The van der Waals surface area contributed by atoms with Crippen LogP contribution in [0.15, 0.2) is 67.0 Å². The molecule has 4 aromatic rings. The standard InChI is InChI=1S/C25H25N7O2/c1-4-34-24-10-5-18(15-27-24)25(33)31-20-8-6-19(7-9-20)30-22-14-23(29-17(3)28-22)32-21-13-16(2)11-12-26-21/h5-15H,4H2,1-3H3,(H,31,33)(H2,26,28,29,30,32). The number of anilines is 5. The van der Waals surface area contributed by atoms with Crippen LogP contribution < -0.4 is 20.7 Å². The van der Waals surface area contributed by atoms with E-state index in [9.17, 15) is 4.79 Å². The molecule has 0 spiro atoms. The molecule has 3 aromatic heterocycles. The lowest BCUT2D eigenvalue weighted by molar-refractivity contribution is 0.102. The molecule has 3 heterocycles. The Labute approximate surface area is 197 Å². The number of nitrogens with zero attached hydrogens (tertiary/aromatic N) is 4. The molecule has 0 aliphatic heterocycles. The Balaban J connectivity index is 1.40. The van der Waals surface area contributed by atoms with E-state index in [1.165, 1.54) is 6.20 Å². The number of carbonyl (C=O) groups excluding carboxylic acids is 1. The van der Waals surface area contributed by atoms with Gasteiger partial charge in [0.2, 0.25) is 5.88 Å². The van der Waals surface area contributed by atoms with Crippen LogP contribution in [0.25, 0.3) is 0 Å². The second-order valence-corrected chi connectivity index (χ2v) is 7.50. The predicted molar refractivity (Wildman–Crippen MR) is 132 cm³/mol. The maximum Gasteiger partial charge on any atom is 0.257 e. The summed E-state index contributed by atoms with van der Waals surface area (Å²) in [7, 11) is 0. The molecule has 0 unspecified atom stereocenters. The van der Waals surface area contributed by atoms with E-state index in [0.29, 0.717) is 47.0 Å². The smallest absolute Gasteiger partial charge is 0.257 e. The van der Waals surface area contributed by atoms with Crippen LogP contribution in [-0.4, -0.2) is 32.4 Å². The van der Waals surface area contributed by atoms with Gasteiger partial charge < -0.3 is 20.7 Å². The van der Waals surface area contributed by atoms with Crippen LogP contribution in [0.5, 0.6) is 5.88 Å². The maximum absolute atomic E-state index is 12.5. The van der Waals surface area contributed by atoms with Crippen molar-refractivity contribution in [3.63, 3.8) is 0 Å². The number of nitrogens with one attached hydrogen (secondary N) is 3. The van der Waals surface area contributed by atoms with Crippen molar-refractivity contribution in [1.29, 1.82) is 0 Å². The normalized spacial score (nSPS) is 10.4. The van der Waals surface area contributed by atoms with Crippen molar-refractivity contribution in [3.05, 3.63) is 83.9 Å². The van der Waals surface area contributed by atoms with Gasteiger partial charge in [-0.1, -0.05) is 0 Å². The lowest BCUT2D eigenvalue weighted by Gasteiger charge is -2.11. The molecule has 0 bridgehead atoms. The number of aryl methyl sites for hydroxylation is 2. The topological polar surface area (TPSA) is 114 Å². The summed E-state index contributed by atoms with van der Waals surface area (Å²) in [5.41, 5.74) is 3.03. The van der Waals surface area contributed by atoms with Crippen LogP contribution in [0.2, 0.25) is 0 Å². The third-order valence-electron chi connectivity index (χ3n) is 4.72. The lowest BCUT2D eigenvalue weighted by atomic mass is 10.2. The molecule has 1 aromatic carbocycles. The van der Waals surface area contributed by atoms with Crippen molar-refractivity contribution in [2.75, 3.05) is 22.6 Å². The predicted octanol–water partition coefficient (Wildman–Crippen LogP) is 5.02. The summed E-state index contributed by atoms with van der Waals surface area (Å²) in [4.78, 5) is 29.8. The molecule has 0 radical (unpaired) electrons. The van der Waals surface area contributed by atoms with Gasteiger partial charge in [0, 0.05) is 35.9 Å². The van der Waals surface area contributed by atoms with Gasteiger partial charge in [-0.2, -0.15) is 0 Å². The van der Waals surface area contributed by atoms with E-state index < -0.39 is 0 Å². The Morgan fingerprint density at radius 2 is 1.59 bits per heavy atom. The van der Waals surface area contributed by atoms with Gasteiger partial charge >= 0.3 is 0 Å². The maximum atomic E-state index is 12.5. The average Bonchev–Trinajstić information content (AvgIpc) is 2.81. The molecule has 0 saturated carbocycles.